The number of nitrogen functional groups attached to an aromatic ring is 1. The number of fused-ring (bicyclic) bond motifs is 2. The molecule has 0 heterocycles. The highest BCUT2D eigenvalue weighted by Crippen LogP contribution is 2.61. The molecular formula is C17H25NO2. The van der Waals surface area contributed by atoms with Crippen LogP contribution in [0.2, 0.25) is 0 Å². The van der Waals surface area contributed by atoms with Gasteiger partial charge < -0.3 is 15.2 Å². The van der Waals surface area contributed by atoms with Crippen LogP contribution in [0.25, 0.3) is 0 Å². The molecule has 1 aromatic rings. The summed E-state index contributed by atoms with van der Waals surface area (Å²) in [6.45, 7) is 7.13. The Kier molecular flexibility index (Phi) is 3.11. The number of benzene rings is 1. The van der Waals surface area contributed by atoms with Crippen molar-refractivity contribution in [2.75, 3.05) is 12.8 Å². The molecule has 3 aliphatic carbocycles. The van der Waals surface area contributed by atoms with Crippen LogP contribution in [0, 0.1) is 23.2 Å². The van der Waals surface area contributed by atoms with Crippen molar-refractivity contribution >= 4 is 5.69 Å². The fraction of sp³-hybridized carbons (Fsp3) is 0.647. The molecule has 4 rings (SSSR count). The molecule has 4 atom stereocenters. The van der Waals surface area contributed by atoms with Crippen molar-refractivity contribution < 1.29 is 9.47 Å². The molecule has 0 aromatic heterocycles. The highest BCUT2D eigenvalue weighted by molar-refractivity contribution is 5.52. The van der Waals surface area contributed by atoms with E-state index in [9.17, 15) is 0 Å². The molecule has 0 spiro atoms. The maximum atomic E-state index is 6.26. The first-order chi connectivity index (χ1) is 9.43. The summed E-state index contributed by atoms with van der Waals surface area (Å²) in [5.74, 6) is 3.70. The van der Waals surface area contributed by atoms with Gasteiger partial charge in [-0.1, -0.05) is 20.8 Å². The number of hydrogen-bond acceptors (Lipinski definition) is 3. The van der Waals surface area contributed by atoms with Gasteiger partial charge in [0, 0.05) is 11.8 Å². The summed E-state index contributed by atoms with van der Waals surface area (Å²) < 4.78 is 11.6. The van der Waals surface area contributed by atoms with Gasteiger partial charge in [0.1, 0.15) is 6.10 Å². The Hall–Kier alpha value is -1.38. The Morgan fingerprint density at radius 3 is 2.55 bits per heavy atom. The lowest BCUT2D eigenvalue weighted by Gasteiger charge is -2.61. The highest BCUT2D eigenvalue weighted by Gasteiger charge is 2.57. The van der Waals surface area contributed by atoms with Crippen LogP contribution < -0.4 is 15.2 Å². The first-order valence-corrected chi connectivity index (χ1v) is 7.53. The largest absolute Gasteiger partial charge is 0.493 e. The van der Waals surface area contributed by atoms with Gasteiger partial charge in [-0.2, -0.15) is 0 Å². The molecule has 0 amide bonds. The number of ether oxygens (including phenoxy) is 2. The minimum Gasteiger partial charge on any atom is -0.493 e. The van der Waals surface area contributed by atoms with Gasteiger partial charge in [-0.05, 0) is 48.1 Å². The minimum atomic E-state index is 0.280. The molecule has 1 aromatic carbocycles. The molecule has 3 fully saturated rings. The van der Waals surface area contributed by atoms with Crippen LogP contribution in [0.1, 0.15) is 33.6 Å². The maximum absolute atomic E-state index is 6.26. The summed E-state index contributed by atoms with van der Waals surface area (Å²) in [6, 6.07) is 5.59. The molecule has 0 unspecified atom stereocenters. The summed E-state index contributed by atoms with van der Waals surface area (Å²) >= 11 is 0. The van der Waals surface area contributed by atoms with Crippen LogP contribution in [-0.2, 0) is 0 Å². The zero-order valence-electron chi connectivity index (χ0n) is 12.8. The van der Waals surface area contributed by atoms with Gasteiger partial charge in [0.15, 0.2) is 11.5 Å². The lowest BCUT2D eigenvalue weighted by atomic mass is 9.45. The average Bonchev–Trinajstić information content (AvgIpc) is 2.40. The second kappa shape index (κ2) is 4.57. The predicted octanol–water partition coefficient (Wildman–Crippen LogP) is 3.73. The van der Waals surface area contributed by atoms with Crippen molar-refractivity contribution in [3.05, 3.63) is 18.2 Å². The van der Waals surface area contributed by atoms with E-state index in [1.165, 1.54) is 6.42 Å². The molecule has 3 saturated carbocycles. The third-order valence-electron chi connectivity index (χ3n) is 5.75. The van der Waals surface area contributed by atoms with Gasteiger partial charge in [0.05, 0.1) is 7.11 Å². The van der Waals surface area contributed by atoms with E-state index >= 15 is 0 Å². The molecule has 2 bridgehead atoms. The Morgan fingerprint density at radius 1 is 1.20 bits per heavy atom. The number of methoxy groups -OCH3 is 1. The lowest BCUT2D eigenvalue weighted by Crippen LogP contribution is -2.57. The Morgan fingerprint density at radius 2 is 1.95 bits per heavy atom. The predicted molar refractivity (Wildman–Crippen MR) is 81.0 cm³/mol. The SMILES string of the molecule is COc1ccc(N)cc1O[C@H]1C[C@@H]2C[C@H]([C@H]1C)C2(C)C. The van der Waals surface area contributed by atoms with E-state index < -0.39 is 0 Å². The second-order valence-electron chi connectivity index (χ2n) is 7.02. The van der Waals surface area contributed by atoms with Crippen LogP contribution in [-0.4, -0.2) is 13.2 Å². The van der Waals surface area contributed by atoms with Crippen LogP contribution in [0.3, 0.4) is 0 Å². The molecule has 0 radical (unpaired) electrons. The molecule has 2 N–H and O–H groups in total. The summed E-state index contributed by atoms with van der Waals surface area (Å²) in [4.78, 5) is 0. The van der Waals surface area contributed by atoms with Crippen molar-refractivity contribution in [1.29, 1.82) is 0 Å². The Bertz CT molecular complexity index is 512. The summed E-state index contributed by atoms with van der Waals surface area (Å²) in [6.07, 6.45) is 2.78. The third-order valence-corrected chi connectivity index (χ3v) is 5.75. The van der Waals surface area contributed by atoms with E-state index in [2.05, 4.69) is 20.8 Å². The fourth-order valence-electron chi connectivity index (χ4n) is 4.21. The van der Waals surface area contributed by atoms with Crippen LogP contribution >= 0.6 is 0 Å². The average molecular weight is 275 g/mol. The van der Waals surface area contributed by atoms with E-state index in [0.29, 0.717) is 11.3 Å². The molecule has 3 heteroatoms. The van der Waals surface area contributed by atoms with Gasteiger partial charge in [-0.3, -0.25) is 0 Å². The maximum Gasteiger partial charge on any atom is 0.163 e. The monoisotopic (exact) mass is 275 g/mol. The van der Waals surface area contributed by atoms with Crippen LogP contribution in [0.15, 0.2) is 18.2 Å². The van der Waals surface area contributed by atoms with Gasteiger partial charge >= 0.3 is 0 Å². The quantitative estimate of drug-likeness (QED) is 0.855. The van der Waals surface area contributed by atoms with Crippen molar-refractivity contribution in [3.63, 3.8) is 0 Å². The van der Waals surface area contributed by atoms with Crippen LogP contribution in [0.5, 0.6) is 11.5 Å². The lowest BCUT2D eigenvalue weighted by molar-refractivity contribution is -0.147. The van der Waals surface area contributed by atoms with Gasteiger partial charge in [-0.25, -0.2) is 0 Å². The standard InChI is InChI=1S/C17H25NO2/c1-10-13-7-11(17(13,2)3)8-15(10)20-16-9-12(18)5-6-14(16)19-4/h5-6,9-11,13,15H,7-8,18H2,1-4H3/t10-,11+,13-,15+/m1/s1. The normalized spacial score (nSPS) is 34.2. The third kappa shape index (κ3) is 1.95. The number of anilines is 1. The minimum absolute atomic E-state index is 0.280. The van der Waals surface area contributed by atoms with Gasteiger partial charge in [-0.15, -0.1) is 0 Å². The molecular weight excluding hydrogens is 250 g/mol. The van der Waals surface area contributed by atoms with E-state index in [4.69, 9.17) is 15.2 Å². The van der Waals surface area contributed by atoms with Gasteiger partial charge in [0.2, 0.25) is 0 Å². The van der Waals surface area contributed by atoms with Crippen LogP contribution in [0.4, 0.5) is 5.69 Å². The van der Waals surface area contributed by atoms with Crippen molar-refractivity contribution in [3.8, 4) is 11.5 Å². The summed E-state index contributed by atoms with van der Waals surface area (Å²) in [5.41, 5.74) is 7.07. The van der Waals surface area contributed by atoms with E-state index in [1.54, 1.807) is 7.11 Å². The fourth-order valence-corrected chi connectivity index (χ4v) is 4.21. The molecule has 0 saturated heterocycles. The molecule has 110 valence electrons. The van der Waals surface area contributed by atoms with Crippen molar-refractivity contribution in [2.45, 2.75) is 39.7 Å². The Labute approximate surface area is 121 Å². The van der Waals surface area contributed by atoms with Crippen molar-refractivity contribution in [2.24, 2.45) is 23.2 Å². The summed E-state index contributed by atoms with van der Waals surface area (Å²) in [7, 11) is 1.67. The van der Waals surface area contributed by atoms with E-state index in [0.717, 1.165) is 35.4 Å². The topological polar surface area (TPSA) is 44.5 Å². The number of nitrogens with two attached hydrogens (primary N) is 1. The molecule has 3 aliphatic rings. The van der Waals surface area contributed by atoms with Crippen molar-refractivity contribution in [1.82, 2.24) is 0 Å². The summed E-state index contributed by atoms with van der Waals surface area (Å²) in [5, 5.41) is 0. The molecule has 20 heavy (non-hydrogen) atoms. The smallest absolute Gasteiger partial charge is 0.163 e. The van der Waals surface area contributed by atoms with E-state index in [1.807, 2.05) is 18.2 Å². The zero-order chi connectivity index (χ0) is 14.5. The van der Waals surface area contributed by atoms with Gasteiger partial charge in [0.25, 0.3) is 0 Å². The molecule has 3 nitrogen and oxygen atoms in total. The zero-order valence-corrected chi connectivity index (χ0v) is 12.8. The second-order valence-corrected chi connectivity index (χ2v) is 7.02. The first kappa shape index (κ1) is 13.6. The Balaban J connectivity index is 1.78. The van der Waals surface area contributed by atoms with E-state index in [-0.39, 0.29) is 6.10 Å². The first-order valence-electron chi connectivity index (χ1n) is 7.53. The number of rotatable bonds is 3. The highest BCUT2D eigenvalue weighted by atomic mass is 16.5. The molecule has 0 aliphatic heterocycles. The number of hydrogen-bond donors (Lipinski definition) is 1.